The number of nitrogens with two attached hydrogens (primary N) is 1. The quantitative estimate of drug-likeness (QED) is 0.635. The van der Waals surface area contributed by atoms with Crippen LogP contribution in [0.5, 0.6) is 0 Å². The van der Waals surface area contributed by atoms with Crippen LogP contribution in [0.2, 0.25) is 0 Å². The molecule has 1 atom stereocenters. The number of nitrogens with zero attached hydrogens (tertiary/aromatic N) is 1. The maximum atomic E-state index is 10.7. The monoisotopic (exact) mass is 220 g/mol. The van der Waals surface area contributed by atoms with E-state index in [2.05, 4.69) is 10.3 Å². The Morgan fingerprint density at radius 1 is 1.50 bits per heavy atom. The first-order valence-electron chi connectivity index (χ1n) is 5.57. The predicted octanol–water partition coefficient (Wildman–Crippen LogP) is 0.778. The van der Waals surface area contributed by atoms with E-state index in [4.69, 9.17) is 5.73 Å². The van der Waals surface area contributed by atoms with Gasteiger partial charge in [-0.15, -0.1) is 0 Å². The standard InChI is InChI=1S/C12H18N3O/c13-6-2-1-5-12(10-16)15-9-11-4-3-7-14-8-11/h3-4,7-8,12,15H,1-2,5-6,9,13H2/t12-/m1/s1. The first kappa shape index (κ1) is 12.8. The van der Waals surface area contributed by atoms with Gasteiger partial charge in [-0.05, 0) is 31.0 Å². The largest absolute Gasteiger partial charge is 0.330 e. The van der Waals surface area contributed by atoms with E-state index in [1.54, 1.807) is 12.4 Å². The van der Waals surface area contributed by atoms with Crippen molar-refractivity contribution in [2.24, 2.45) is 5.73 Å². The van der Waals surface area contributed by atoms with Crippen LogP contribution in [-0.4, -0.2) is 23.9 Å². The van der Waals surface area contributed by atoms with Crippen LogP contribution in [0, 0.1) is 0 Å². The van der Waals surface area contributed by atoms with Crippen LogP contribution in [0.15, 0.2) is 24.5 Å². The third-order valence-electron chi connectivity index (χ3n) is 2.36. The fraction of sp³-hybridized carbons (Fsp3) is 0.500. The summed E-state index contributed by atoms with van der Waals surface area (Å²) >= 11 is 0. The Kier molecular flexibility index (Phi) is 6.37. The van der Waals surface area contributed by atoms with Crippen LogP contribution < -0.4 is 11.1 Å². The zero-order valence-corrected chi connectivity index (χ0v) is 9.36. The second-order valence-electron chi connectivity index (χ2n) is 3.70. The molecule has 0 amide bonds. The molecule has 1 rings (SSSR count). The van der Waals surface area contributed by atoms with Gasteiger partial charge in [0, 0.05) is 18.9 Å². The molecule has 0 spiro atoms. The van der Waals surface area contributed by atoms with Gasteiger partial charge in [-0.25, -0.2) is 0 Å². The smallest absolute Gasteiger partial charge is 0.216 e. The molecule has 1 aromatic rings. The van der Waals surface area contributed by atoms with Gasteiger partial charge in [-0.1, -0.05) is 12.5 Å². The molecule has 0 aliphatic carbocycles. The fourth-order valence-electron chi connectivity index (χ4n) is 1.44. The zero-order valence-electron chi connectivity index (χ0n) is 9.36. The van der Waals surface area contributed by atoms with Crippen molar-refractivity contribution in [3.05, 3.63) is 30.1 Å². The lowest BCUT2D eigenvalue weighted by Crippen LogP contribution is -2.30. The van der Waals surface area contributed by atoms with Crippen LogP contribution in [-0.2, 0) is 11.3 Å². The molecule has 0 saturated carbocycles. The van der Waals surface area contributed by atoms with Gasteiger partial charge in [0.2, 0.25) is 6.29 Å². The van der Waals surface area contributed by atoms with Gasteiger partial charge in [0.25, 0.3) is 0 Å². The number of nitrogens with one attached hydrogen (secondary N) is 1. The summed E-state index contributed by atoms with van der Waals surface area (Å²) in [4.78, 5) is 14.7. The summed E-state index contributed by atoms with van der Waals surface area (Å²) in [5.74, 6) is 0. The Morgan fingerprint density at radius 2 is 2.38 bits per heavy atom. The van der Waals surface area contributed by atoms with E-state index in [0.717, 1.165) is 24.8 Å². The summed E-state index contributed by atoms with van der Waals surface area (Å²) in [6, 6.07) is 3.65. The maximum absolute atomic E-state index is 10.7. The minimum absolute atomic E-state index is 0.202. The van der Waals surface area contributed by atoms with Crippen molar-refractivity contribution in [1.29, 1.82) is 0 Å². The molecule has 4 heteroatoms. The molecule has 0 aromatic carbocycles. The highest BCUT2D eigenvalue weighted by Crippen LogP contribution is 2.00. The minimum atomic E-state index is -0.202. The molecule has 0 unspecified atom stereocenters. The SMILES string of the molecule is NCCCC[C@H]([C]=O)NCc1cccnc1. The second-order valence-corrected chi connectivity index (χ2v) is 3.70. The molecule has 16 heavy (non-hydrogen) atoms. The molecular formula is C12H18N3O. The lowest BCUT2D eigenvalue weighted by atomic mass is 10.1. The summed E-state index contributed by atoms with van der Waals surface area (Å²) < 4.78 is 0. The normalized spacial score (nSPS) is 12.3. The van der Waals surface area contributed by atoms with E-state index in [-0.39, 0.29) is 6.04 Å². The summed E-state index contributed by atoms with van der Waals surface area (Å²) in [7, 11) is 0. The Balaban J connectivity index is 2.26. The van der Waals surface area contributed by atoms with Gasteiger partial charge in [0.15, 0.2) is 0 Å². The molecule has 3 N–H and O–H groups in total. The first-order valence-corrected chi connectivity index (χ1v) is 5.57. The summed E-state index contributed by atoms with van der Waals surface area (Å²) in [5, 5.41) is 3.14. The number of pyridine rings is 1. The Bertz CT molecular complexity index is 290. The average Bonchev–Trinajstić information content (AvgIpc) is 2.35. The molecule has 87 valence electrons. The molecule has 0 aliphatic rings. The Hall–Kier alpha value is -1.26. The van der Waals surface area contributed by atoms with Crippen molar-refractivity contribution in [3.8, 4) is 0 Å². The number of rotatable bonds is 8. The summed E-state index contributed by atoms with van der Waals surface area (Å²) in [6.07, 6.45) is 8.22. The molecule has 0 bridgehead atoms. The van der Waals surface area contributed by atoms with Gasteiger partial charge < -0.3 is 11.1 Å². The van der Waals surface area contributed by atoms with Crippen LogP contribution in [0.3, 0.4) is 0 Å². The Morgan fingerprint density at radius 3 is 3.00 bits per heavy atom. The van der Waals surface area contributed by atoms with Crippen molar-refractivity contribution >= 4 is 6.29 Å². The predicted molar refractivity (Wildman–Crippen MR) is 63.5 cm³/mol. The van der Waals surface area contributed by atoms with E-state index >= 15 is 0 Å². The summed E-state index contributed by atoms with van der Waals surface area (Å²) in [6.45, 7) is 1.32. The molecule has 1 aromatic heterocycles. The molecule has 0 saturated heterocycles. The van der Waals surface area contributed by atoms with Crippen molar-refractivity contribution in [2.75, 3.05) is 6.54 Å². The second kappa shape index (κ2) is 7.96. The zero-order chi connectivity index (χ0) is 11.6. The third kappa shape index (κ3) is 5.00. The van der Waals surface area contributed by atoms with Crippen molar-refractivity contribution in [3.63, 3.8) is 0 Å². The van der Waals surface area contributed by atoms with Crippen LogP contribution in [0.25, 0.3) is 0 Å². The van der Waals surface area contributed by atoms with Gasteiger partial charge in [0.1, 0.15) is 0 Å². The summed E-state index contributed by atoms with van der Waals surface area (Å²) in [5.41, 5.74) is 6.46. The van der Waals surface area contributed by atoms with Gasteiger partial charge in [0.05, 0.1) is 6.04 Å². The van der Waals surface area contributed by atoms with Gasteiger partial charge in [-0.3, -0.25) is 9.78 Å². The first-order chi connectivity index (χ1) is 7.86. The highest BCUT2D eigenvalue weighted by Gasteiger charge is 2.06. The van der Waals surface area contributed by atoms with Gasteiger partial charge >= 0.3 is 0 Å². The van der Waals surface area contributed by atoms with E-state index in [1.807, 2.05) is 18.4 Å². The van der Waals surface area contributed by atoms with Crippen molar-refractivity contribution in [1.82, 2.24) is 10.3 Å². The van der Waals surface area contributed by atoms with Crippen LogP contribution in [0.4, 0.5) is 0 Å². The lowest BCUT2D eigenvalue weighted by Gasteiger charge is -2.11. The third-order valence-corrected chi connectivity index (χ3v) is 2.36. The highest BCUT2D eigenvalue weighted by atomic mass is 16.1. The molecule has 1 heterocycles. The molecule has 0 aliphatic heterocycles. The topological polar surface area (TPSA) is 68.0 Å². The van der Waals surface area contributed by atoms with Crippen LogP contribution in [0.1, 0.15) is 24.8 Å². The number of aromatic nitrogens is 1. The maximum Gasteiger partial charge on any atom is 0.216 e. The minimum Gasteiger partial charge on any atom is -0.330 e. The van der Waals surface area contributed by atoms with E-state index in [9.17, 15) is 4.79 Å². The van der Waals surface area contributed by atoms with E-state index < -0.39 is 0 Å². The Labute approximate surface area is 96.3 Å². The van der Waals surface area contributed by atoms with Gasteiger partial charge in [-0.2, -0.15) is 0 Å². The fourth-order valence-corrected chi connectivity index (χ4v) is 1.44. The number of hydrogen-bond donors (Lipinski definition) is 2. The number of carbonyl (C=O) groups excluding carboxylic acids is 1. The van der Waals surface area contributed by atoms with Crippen molar-refractivity contribution in [2.45, 2.75) is 31.8 Å². The van der Waals surface area contributed by atoms with Crippen molar-refractivity contribution < 1.29 is 4.79 Å². The number of hydrogen-bond acceptors (Lipinski definition) is 4. The lowest BCUT2D eigenvalue weighted by molar-refractivity contribution is 0.489. The molecule has 4 nitrogen and oxygen atoms in total. The molecule has 1 radical (unpaired) electrons. The molecular weight excluding hydrogens is 202 g/mol. The number of unbranched alkanes of at least 4 members (excludes halogenated alkanes) is 1. The van der Waals surface area contributed by atoms with E-state index in [0.29, 0.717) is 13.1 Å². The molecule has 0 fully saturated rings. The average molecular weight is 220 g/mol. The highest BCUT2D eigenvalue weighted by molar-refractivity contribution is 5.58. The van der Waals surface area contributed by atoms with E-state index in [1.165, 1.54) is 0 Å². The van der Waals surface area contributed by atoms with Crippen LogP contribution >= 0.6 is 0 Å².